The van der Waals surface area contributed by atoms with Crippen LogP contribution in [0.5, 0.6) is 5.75 Å². The number of aryl methyl sites for hydroxylation is 1. The van der Waals surface area contributed by atoms with Gasteiger partial charge in [0.05, 0.1) is 29.3 Å². The number of rotatable bonds is 3. The van der Waals surface area contributed by atoms with Gasteiger partial charge in [-0.15, -0.1) is 0 Å². The highest BCUT2D eigenvalue weighted by atomic mass is 32.2. The molecule has 7 heteroatoms. The molecule has 2 aromatic carbocycles. The molecule has 0 aliphatic carbocycles. The zero-order valence-electron chi connectivity index (χ0n) is 15.2. The van der Waals surface area contributed by atoms with Crippen molar-refractivity contribution in [2.75, 3.05) is 17.5 Å². The summed E-state index contributed by atoms with van der Waals surface area (Å²) in [7, 11) is -3.75. The molecule has 0 amide bonds. The molecule has 0 spiro atoms. The van der Waals surface area contributed by atoms with Crippen molar-refractivity contribution in [3.05, 3.63) is 72.1 Å². The Balaban J connectivity index is 1.83. The average molecular weight is 391 g/mol. The molecule has 28 heavy (non-hydrogen) atoms. The molecule has 0 N–H and O–H groups in total. The summed E-state index contributed by atoms with van der Waals surface area (Å²) < 4.78 is 33.8. The second-order valence-corrected chi connectivity index (χ2v) is 8.25. The second kappa shape index (κ2) is 6.98. The maximum absolute atomic E-state index is 13.3. The van der Waals surface area contributed by atoms with Crippen LogP contribution in [0.1, 0.15) is 11.1 Å². The van der Waals surface area contributed by atoms with Crippen molar-refractivity contribution >= 4 is 15.7 Å². The van der Waals surface area contributed by atoms with Crippen LogP contribution < -0.4 is 9.04 Å². The van der Waals surface area contributed by atoms with Gasteiger partial charge in [-0.1, -0.05) is 30.3 Å². The molecule has 0 unspecified atom stereocenters. The van der Waals surface area contributed by atoms with Crippen LogP contribution in [0.3, 0.4) is 0 Å². The highest BCUT2D eigenvalue weighted by molar-refractivity contribution is 7.92. The fraction of sp³-hybridized carbons (Fsp3) is 0.143. The van der Waals surface area contributed by atoms with E-state index in [4.69, 9.17) is 10.00 Å². The van der Waals surface area contributed by atoms with Crippen LogP contribution in [0.2, 0.25) is 0 Å². The molecule has 1 aliphatic heterocycles. The van der Waals surface area contributed by atoms with E-state index in [0.717, 1.165) is 5.56 Å². The highest BCUT2D eigenvalue weighted by Gasteiger charge is 2.32. The molecule has 0 radical (unpaired) electrons. The number of ether oxygens (including phenoxy) is 1. The summed E-state index contributed by atoms with van der Waals surface area (Å²) in [5.74, 6) is 0.475. The summed E-state index contributed by atoms with van der Waals surface area (Å²) >= 11 is 0. The third kappa shape index (κ3) is 2.98. The Labute approximate surface area is 163 Å². The molecular formula is C21H17N3O3S. The van der Waals surface area contributed by atoms with E-state index < -0.39 is 10.0 Å². The predicted molar refractivity (Wildman–Crippen MR) is 106 cm³/mol. The van der Waals surface area contributed by atoms with Crippen LogP contribution in [-0.4, -0.2) is 26.6 Å². The lowest BCUT2D eigenvalue weighted by molar-refractivity contribution is 0.316. The minimum absolute atomic E-state index is 0.210. The van der Waals surface area contributed by atoms with Gasteiger partial charge in [0.2, 0.25) is 0 Å². The van der Waals surface area contributed by atoms with Crippen LogP contribution in [0.15, 0.2) is 65.8 Å². The van der Waals surface area contributed by atoms with E-state index >= 15 is 0 Å². The predicted octanol–water partition coefficient (Wildman–Crippen LogP) is 3.52. The van der Waals surface area contributed by atoms with Crippen LogP contribution in [0.25, 0.3) is 11.1 Å². The second-order valence-electron chi connectivity index (χ2n) is 6.42. The minimum atomic E-state index is -3.75. The molecule has 0 fully saturated rings. The van der Waals surface area contributed by atoms with Gasteiger partial charge in [0.15, 0.2) is 5.75 Å². The van der Waals surface area contributed by atoms with Crippen molar-refractivity contribution in [3.63, 3.8) is 0 Å². The Morgan fingerprint density at radius 1 is 1.11 bits per heavy atom. The molecule has 1 aliphatic rings. The van der Waals surface area contributed by atoms with Gasteiger partial charge in [-0.25, -0.2) is 8.42 Å². The zero-order chi connectivity index (χ0) is 19.7. The van der Waals surface area contributed by atoms with E-state index in [1.807, 2.05) is 6.07 Å². The monoisotopic (exact) mass is 391 g/mol. The molecule has 2 heterocycles. The Kier molecular flexibility index (Phi) is 4.49. The number of anilines is 1. The SMILES string of the molecule is Cc1ccccc1S(=O)(=O)N1CCOc2c(-c3ccc(C#N)cc3)cncc21. The summed E-state index contributed by atoms with van der Waals surface area (Å²) in [6.45, 7) is 2.23. The third-order valence-corrected chi connectivity index (χ3v) is 6.65. The largest absolute Gasteiger partial charge is 0.489 e. The molecule has 3 aromatic rings. The molecule has 140 valence electrons. The van der Waals surface area contributed by atoms with Crippen molar-refractivity contribution in [2.24, 2.45) is 0 Å². The summed E-state index contributed by atoms with van der Waals surface area (Å²) in [6.07, 6.45) is 3.15. The molecular weight excluding hydrogens is 374 g/mol. The third-order valence-electron chi connectivity index (χ3n) is 4.67. The first-order valence-corrected chi connectivity index (χ1v) is 10.2. The van der Waals surface area contributed by atoms with Gasteiger partial charge in [-0.2, -0.15) is 5.26 Å². The van der Waals surface area contributed by atoms with Crippen molar-refractivity contribution in [2.45, 2.75) is 11.8 Å². The summed E-state index contributed by atoms with van der Waals surface area (Å²) in [6, 6.07) is 16.0. The van der Waals surface area contributed by atoms with Crippen molar-refractivity contribution in [1.82, 2.24) is 4.98 Å². The highest BCUT2D eigenvalue weighted by Crippen LogP contribution is 2.41. The number of fused-ring (bicyclic) bond motifs is 1. The molecule has 1 aromatic heterocycles. The number of sulfonamides is 1. The van der Waals surface area contributed by atoms with Gasteiger partial charge in [-0.05, 0) is 36.2 Å². The molecule has 0 saturated carbocycles. The minimum Gasteiger partial charge on any atom is -0.489 e. The normalized spacial score (nSPS) is 13.4. The molecule has 4 rings (SSSR count). The lowest BCUT2D eigenvalue weighted by Crippen LogP contribution is -2.38. The quantitative estimate of drug-likeness (QED) is 0.682. The summed E-state index contributed by atoms with van der Waals surface area (Å²) in [5.41, 5.74) is 3.14. The first kappa shape index (κ1) is 18.0. The summed E-state index contributed by atoms with van der Waals surface area (Å²) in [4.78, 5) is 4.52. The molecule has 0 saturated heterocycles. The number of hydrogen-bond acceptors (Lipinski definition) is 5. The van der Waals surface area contributed by atoms with E-state index in [0.29, 0.717) is 28.1 Å². The lowest BCUT2D eigenvalue weighted by atomic mass is 10.0. The topological polar surface area (TPSA) is 83.3 Å². The van der Waals surface area contributed by atoms with Gasteiger partial charge in [0, 0.05) is 11.8 Å². The van der Waals surface area contributed by atoms with E-state index in [1.54, 1.807) is 55.6 Å². The maximum Gasteiger partial charge on any atom is 0.264 e. The number of aromatic nitrogens is 1. The average Bonchev–Trinajstić information content (AvgIpc) is 2.73. The lowest BCUT2D eigenvalue weighted by Gasteiger charge is -2.31. The standard InChI is InChI=1S/C21H17N3O3S/c1-15-4-2-3-5-20(15)28(25,26)24-10-11-27-21-18(13-23-14-19(21)24)17-8-6-16(12-22)7-9-17/h2-9,13-14H,10-11H2,1H3. The van der Waals surface area contributed by atoms with Crippen molar-refractivity contribution in [1.29, 1.82) is 5.26 Å². The van der Waals surface area contributed by atoms with Gasteiger partial charge in [-0.3, -0.25) is 9.29 Å². The molecule has 6 nitrogen and oxygen atoms in total. The number of nitrogens with zero attached hydrogens (tertiary/aromatic N) is 3. The van der Waals surface area contributed by atoms with Crippen LogP contribution in [0.4, 0.5) is 5.69 Å². The summed E-state index contributed by atoms with van der Waals surface area (Å²) in [5, 5.41) is 8.99. The van der Waals surface area contributed by atoms with E-state index in [9.17, 15) is 8.42 Å². The van der Waals surface area contributed by atoms with Crippen molar-refractivity contribution in [3.8, 4) is 22.9 Å². The van der Waals surface area contributed by atoms with E-state index in [-0.39, 0.29) is 18.0 Å². The Bertz CT molecular complexity index is 1180. The Morgan fingerprint density at radius 3 is 2.57 bits per heavy atom. The molecule has 0 atom stereocenters. The zero-order valence-corrected chi connectivity index (χ0v) is 16.0. The van der Waals surface area contributed by atoms with Crippen LogP contribution in [0, 0.1) is 18.3 Å². The smallest absolute Gasteiger partial charge is 0.264 e. The number of hydrogen-bond donors (Lipinski definition) is 0. The van der Waals surface area contributed by atoms with E-state index in [2.05, 4.69) is 11.1 Å². The fourth-order valence-electron chi connectivity index (χ4n) is 3.26. The van der Waals surface area contributed by atoms with Gasteiger partial charge >= 0.3 is 0 Å². The van der Waals surface area contributed by atoms with Gasteiger partial charge in [0.25, 0.3) is 10.0 Å². The Morgan fingerprint density at radius 2 is 1.86 bits per heavy atom. The first-order valence-electron chi connectivity index (χ1n) is 8.72. The number of nitriles is 1. The fourth-order valence-corrected chi connectivity index (χ4v) is 4.93. The number of pyridine rings is 1. The van der Waals surface area contributed by atoms with Gasteiger partial charge < -0.3 is 4.74 Å². The first-order chi connectivity index (χ1) is 13.5. The molecule has 0 bridgehead atoms. The van der Waals surface area contributed by atoms with Crippen molar-refractivity contribution < 1.29 is 13.2 Å². The maximum atomic E-state index is 13.3. The van der Waals surface area contributed by atoms with Crippen LogP contribution in [-0.2, 0) is 10.0 Å². The van der Waals surface area contributed by atoms with E-state index in [1.165, 1.54) is 10.5 Å². The number of benzene rings is 2. The Hall–Kier alpha value is -3.37. The van der Waals surface area contributed by atoms with Gasteiger partial charge in [0.1, 0.15) is 12.3 Å². The van der Waals surface area contributed by atoms with Crippen LogP contribution >= 0.6 is 0 Å².